The minimum Gasteiger partial charge on any atom is -0.497 e. The highest BCUT2D eigenvalue weighted by molar-refractivity contribution is 6.38. The summed E-state index contributed by atoms with van der Waals surface area (Å²) in [6, 6.07) is 17.1. The third-order valence-corrected chi connectivity index (χ3v) is 5.26. The first kappa shape index (κ1) is 15.1. The monoisotopic (exact) mass is 341 g/mol. The summed E-state index contributed by atoms with van der Waals surface area (Å²) in [7, 11) is 1.61. The van der Waals surface area contributed by atoms with E-state index in [0.29, 0.717) is 5.76 Å². The van der Waals surface area contributed by atoms with Gasteiger partial charge in [-0.05, 0) is 43.3 Å². The molecule has 2 atom stereocenters. The zero-order chi connectivity index (χ0) is 16.9. The summed E-state index contributed by atoms with van der Waals surface area (Å²) in [4.78, 5) is 14.1. The van der Waals surface area contributed by atoms with Crippen LogP contribution in [0.5, 0.6) is 5.75 Å². The van der Waals surface area contributed by atoms with Crippen LogP contribution in [0.3, 0.4) is 0 Å². The molecule has 0 radical (unpaired) electrons. The van der Waals surface area contributed by atoms with E-state index in [4.69, 9.17) is 20.8 Å². The average Bonchev–Trinajstić information content (AvgIpc) is 3.06. The van der Waals surface area contributed by atoms with Crippen LogP contribution in [-0.4, -0.2) is 18.4 Å². The Labute approximate surface area is 144 Å². The zero-order valence-electron chi connectivity index (χ0n) is 13.3. The zero-order valence-corrected chi connectivity index (χ0v) is 14.1. The van der Waals surface area contributed by atoms with Crippen molar-refractivity contribution in [2.24, 2.45) is 0 Å². The number of halogens is 1. The van der Waals surface area contributed by atoms with E-state index in [9.17, 15) is 4.79 Å². The summed E-state index contributed by atoms with van der Waals surface area (Å²) in [5.74, 6) is 1.28. The molecule has 0 saturated carbocycles. The first-order chi connectivity index (χ1) is 11.6. The van der Waals surface area contributed by atoms with E-state index in [0.717, 1.165) is 22.4 Å². The molecular weight excluding hydrogens is 326 g/mol. The van der Waals surface area contributed by atoms with Crippen molar-refractivity contribution < 1.29 is 13.9 Å². The van der Waals surface area contributed by atoms with Crippen LogP contribution in [0.2, 0.25) is 0 Å². The summed E-state index contributed by atoms with van der Waals surface area (Å²) in [6.45, 7) is 1.92. The Morgan fingerprint density at radius 3 is 2.54 bits per heavy atom. The van der Waals surface area contributed by atoms with Gasteiger partial charge in [0, 0.05) is 11.1 Å². The molecule has 0 bridgehead atoms. The van der Waals surface area contributed by atoms with E-state index in [1.165, 1.54) is 0 Å². The average molecular weight is 342 g/mol. The van der Waals surface area contributed by atoms with E-state index in [1.54, 1.807) is 12.0 Å². The van der Waals surface area contributed by atoms with E-state index in [1.807, 2.05) is 61.5 Å². The fraction of sp³-hybridized carbons (Fsp3) is 0.211. The number of amides is 1. The molecule has 122 valence electrons. The SMILES string of the molecule is COc1ccc(N2C(=O)C(Cl)C2(C)c2cc3ccccc3o2)cc1. The topological polar surface area (TPSA) is 42.7 Å². The van der Waals surface area contributed by atoms with Gasteiger partial charge in [-0.1, -0.05) is 18.2 Å². The van der Waals surface area contributed by atoms with Gasteiger partial charge in [-0.25, -0.2) is 0 Å². The minimum absolute atomic E-state index is 0.134. The number of hydrogen-bond donors (Lipinski definition) is 0. The maximum Gasteiger partial charge on any atom is 0.248 e. The summed E-state index contributed by atoms with van der Waals surface area (Å²) in [5.41, 5.74) is 0.818. The molecule has 2 aromatic carbocycles. The van der Waals surface area contributed by atoms with Crippen LogP contribution in [0.4, 0.5) is 5.69 Å². The van der Waals surface area contributed by atoms with Crippen LogP contribution in [0, 0.1) is 0 Å². The Bertz CT molecular complexity index is 885. The Hall–Kier alpha value is -2.46. The van der Waals surface area contributed by atoms with E-state index >= 15 is 0 Å². The van der Waals surface area contributed by atoms with Crippen LogP contribution >= 0.6 is 11.6 Å². The number of para-hydroxylation sites is 1. The normalized spacial score (nSPS) is 23.4. The molecule has 4 rings (SSSR count). The van der Waals surface area contributed by atoms with Crippen molar-refractivity contribution in [3.8, 4) is 5.75 Å². The first-order valence-corrected chi connectivity index (χ1v) is 8.10. The summed E-state index contributed by atoms with van der Waals surface area (Å²) < 4.78 is 11.2. The lowest BCUT2D eigenvalue weighted by Gasteiger charge is -2.51. The second kappa shape index (κ2) is 5.28. The molecular formula is C19H16ClNO3. The Kier molecular flexibility index (Phi) is 3.32. The van der Waals surface area contributed by atoms with Gasteiger partial charge in [-0.3, -0.25) is 9.69 Å². The number of benzene rings is 2. The molecule has 24 heavy (non-hydrogen) atoms. The van der Waals surface area contributed by atoms with Gasteiger partial charge >= 0.3 is 0 Å². The molecule has 1 aromatic heterocycles. The Balaban J connectivity index is 1.79. The highest BCUT2D eigenvalue weighted by Gasteiger charge is 2.60. The molecule has 1 amide bonds. The van der Waals surface area contributed by atoms with Crippen molar-refractivity contribution in [2.75, 3.05) is 12.0 Å². The summed E-state index contributed by atoms with van der Waals surface area (Å²) in [6.07, 6.45) is 0. The number of anilines is 1. The summed E-state index contributed by atoms with van der Waals surface area (Å²) in [5, 5.41) is 0.326. The van der Waals surface area contributed by atoms with Gasteiger partial charge < -0.3 is 9.15 Å². The fourth-order valence-electron chi connectivity index (χ4n) is 3.22. The molecule has 2 heterocycles. The lowest BCUT2D eigenvalue weighted by Crippen LogP contribution is -2.69. The van der Waals surface area contributed by atoms with Crippen molar-refractivity contribution >= 4 is 34.2 Å². The number of ether oxygens (including phenoxy) is 1. The third-order valence-electron chi connectivity index (χ3n) is 4.65. The van der Waals surface area contributed by atoms with E-state index < -0.39 is 10.9 Å². The number of hydrogen-bond acceptors (Lipinski definition) is 3. The smallest absolute Gasteiger partial charge is 0.248 e. The first-order valence-electron chi connectivity index (χ1n) is 7.67. The molecule has 3 aromatic rings. The van der Waals surface area contributed by atoms with Gasteiger partial charge in [-0.2, -0.15) is 0 Å². The van der Waals surface area contributed by atoms with Crippen molar-refractivity contribution in [3.05, 3.63) is 60.4 Å². The van der Waals surface area contributed by atoms with Gasteiger partial charge in [-0.15, -0.1) is 11.6 Å². The highest BCUT2D eigenvalue weighted by Crippen LogP contribution is 2.48. The lowest BCUT2D eigenvalue weighted by atomic mass is 9.82. The molecule has 1 saturated heterocycles. The number of carbonyl (C=O) groups is 1. The molecule has 2 unspecified atom stereocenters. The van der Waals surface area contributed by atoms with Gasteiger partial charge in [0.05, 0.1) is 7.11 Å². The van der Waals surface area contributed by atoms with Gasteiger partial charge in [0.2, 0.25) is 5.91 Å². The van der Waals surface area contributed by atoms with E-state index in [2.05, 4.69) is 0 Å². The maximum absolute atomic E-state index is 12.4. The lowest BCUT2D eigenvalue weighted by molar-refractivity contribution is -0.127. The number of fused-ring (bicyclic) bond motifs is 1. The quantitative estimate of drug-likeness (QED) is 0.526. The van der Waals surface area contributed by atoms with Gasteiger partial charge in [0.15, 0.2) is 0 Å². The summed E-state index contributed by atoms with van der Waals surface area (Å²) >= 11 is 6.40. The number of alkyl halides is 1. The van der Waals surface area contributed by atoms with Crippen molar-refractivity contribution in [2.45, 2.75) is 17.8 Å². The second-order valence-corrected chi connectivity index (χ2v) is 6.47. The standard InChI is InChI=1S/C19H16ClNO3/c1-19(16-11-12-5-3-4-6-15(12)24-16)17(20)18(22)21(19)13-7-9-14(23-2)10-8-13/h3-11,17H,1-2H3. The molecule has 0 aliphatic carbocycles. The predicted octanol–water partition coefficient (Wildman–Crippen LogP) is 4.31. The second-order valence-electron chi connectivity index (χ2n) is 6.03. The van der Waals surface area contributed by atoms with Gasteiger partial charge in [0.25, 0.3) is 0 Å². The van der Waals surface area contributed by atoms with Crippen LogP contribution in [0.1, 0.15) is 12.7 Å². The molecule has 4 nitrogen and oxygen atoms in total. The number of furan rings is 1. The molecule has 1 aliphatic rings. The molecule has 5 heteroatoms. The Morgan fingerprint density at radius 2 is 1.88 bits per heavy atom. The highest BCUT2D eigenvalue weighted by atomic mass is 35.5. The van der Waals surface area contributed by atoms with E-state index in [-0.39, 0.29) is 5.91 Å². The maximum atomic E-state index is 12.4. The number of β-lactam (4-membered cyclic amide) rings is 1. The van der Waals surface area contributed by atoms with Gasteiger partial charge in [0.1, 0.15) is 28.0 Å². The van der Waals surface area contributed by atoms with Crippen LogP contribution in [0.15, 0.2) is 59.0 Å². The molecule has 1 aliphatic heterocycles. The van der Waals surface area contributed by atoms with Crippen molar-refractivity contribution in [3.63, 3.8) is 0 Å². The fourth-order valence-corrected chi connectivity index (χ4v) is 3.53. The minimum atomic E-state index is -0.730. The molecule has 1 fully saturated rings. The predicted molar refractivity (Wildman–Crippen MR) is 93.7 cm³/mol. The molecule has 0 N–H and O–H groups in total. The number of carbonyl (C=O) groups excluding carboxylic acids is 1. The van der Waals surface area contributed by atoms with Crippen LogP contribution in [-0.2, 0) is 10.3 Å². The Morgan fingerprint density at radius 1 is 1.17 bits per heavy atom. The number of methoxy groups -OCH3 is 1. The number of rotatable bonds is 3. The third kappa shape index (κ3) is 1.96. The largest absolute Gasteiger partial charge is 0.497 e. The van der Waals surface area contributed by atoms with Crippen molar-refractivity contribution in [1.29, 1.82) is 0 Å². The molecule has 0 spiro atoms. The number of nitrogens with zero attached hydrogens (tertiary/aromatic N) is 1. The van der Waals surface area contributed by atoms with Crippen molar-refractivity contribution in [1.82, 2.24) is 0 Å². The van der Waals surface area contributed by atoms with Crippen LogP contribution < -0.4 is 9.64 Å². The van der Waals surface area contributed by atoms with Crippen LogP contribution in [0.25, 0.3) is 11.0 Å².